The highest BCUT2D eigenvalue weighted by molar-refractivity contribution is 5.92. The van der Waals surface area contributed by atoms with Gasteiger partial charge in [-0.25, -0.2) is 14.3 Å². The van der Waals surface area contributed by atoms with Crippen molar-refractivity contribution >= 4 is 28.7 Å². The number of nitrogens with zero attached hydrogens (tertiary/aromatic N) is 7. The number of rotatable bonds is 8. The third kappa shape index (κ3) is 5.90. The number of piperidine rings is 1. The SMILES string of the molecule is CCc1cc(CC(NC(=O)N2CCC(N3Cc4ccccc4NC3=O)CC2)c2nnnn2Cc2ccccc2)cc2c(C)[nH]nc12. The first kappa shape index (κ1) is 29.5. The average molecular weight is 619 g/mol. The standard InChI is InChI=1S/C34H38N10O2/c1-3-25-17-24(18-28-22(2)37-38-31(25)28)19-30(32-39-40-41-44(32)20-23-9-5-4-6-10-23)36-33(45)42-15-13-27(14-16-42)43-21-26-11-7-8-12-29(26)35-34(43)46/h4-12,17-18,27,30H,3,13-16,19-21H2,1-2H3,(H,35,46)(H,36,45)(H,37,38). The second kappa shape index (κ2) is 12.6. The zero-order chi connectivity index (χ0) is 31.6. The molecule has 0 bridgehead atoms. The fourth-order valence-electron chi connectivity index (χ4n) is 6.68. The summed E-state index contributed by atoms with van der Waals surface area (Å²) >= 11 is 0. The molecule has 0 spiro atoms. The number of hydrogen-bond donors (Lipinski definition) is 3. The molecule has 46 heavy (non-hydrogen) atoms. The molecule has 12 heteroatoms. The van der Waals surface area contributed by atoms with Crippen molar-refractivity contribution in [2.75, 3.05) is 18.4 Å². The molecule has 4 heterocycles. The number of nitrogens with one attached hydrogen (secondary N) is 3. The number of urea groups is 2. The molecule has 7 rings (SSSR count). The quantitative estimate of drug-likeness (QED) is 0.225. The Hall–Kier alpha value is -5.26. The minimum absolute atomic E-state index is 0.0590. The fraction of sp³-hybridized carbons (Fsp3) is 0.353. The summed E-state index contributed by atoms with van der Waals surface area (Å²) in [5, 5.41) is 27.7. The lowest BCUT2D eigenvalue weighted by molar-refractivity contribution is 0.127. The van der Waals surface area contributed by atoms with Gasteiger partial charge in [-0.2, -0.15) is 5.10 Å². The second-order valence-electron chi connectivity index (χ2n) is 12.2. The highest BCUT2D eigenvalue weighted by atomic mass is 16.2. The molecular weight excluding hydrogens is 580 g/mol. The molecule has 3 aromatic carbocycles. The van der Waals surface area contributed by atoms with Crippen LogP contribution in [-0.2, 0) is 25.9 Å². The zero-order valence-electron chi connectivity index (χ0n) is 26.1. The number of carbonyl (C=O) groups excluding carboxylic acids is 2. The van der Waals surface area contributed by atoms with E-state index in [2.05, 4.69) is 55.4 Å². The van der Waals surface area contributed by atoms with Crippen molar-refractivity contribution < 1.29 is 9.59 Å². The number of hydrogen-bond acceptors (Lipinski definition) is 6. The number of likely N-dealkylation sites (tertiary alicyclic amines) is 1. The van der Waals surface area contributed by atoms with E-state index in [9.17, 15) is 9.59 Å². The number of carbonyl (C=O) groups is 2. The Bertz CT molecular complexity index is 1860. The number of aryl methyl sites for hydroxylation is 2. The number of tetrazole rings is 1. The van der Waals surface area contributed by atoms with Crippen molar-refractivity contribution in [3.05, 3.63) is 101 Å². The van der Waals surface area contributed by atoms with E-state index in [-0.39, 0.29) is 18.1 Å². The highest BCUT2D eigenvalue weighted by Gasteiger charge is 2.33. The first-order valence-electron chi connectivity index (χ1n) is 15.9. The Morgan fingerprint density at radius 1 is 1.04 bits per heavy atom. The molecule has 1 atom stereocenters. The molecule has 2 aromatic heterocycles. The summed E-state index contributed by atoms with van der Waals surface area (Å²) in [5.41, 5.74) is 7.25. The van der Waals surface area contributed by atoms with E-state index >= 15 is 0 Å². The van der Waals surface area contributed by atoms with Crippen LogP contribution in [0.15, 0.2) is 66.7 Å². The number of aromatic nitrogens is 6. The van der Waals surface area contributed by atoms with Gasteiger partial charge in [0, 0.05) is 48.9 Å². The third-order valence-corrected chi connectivity index (χ3v) is 9.21. The van der Waals surface area contributed by atoms with Crippen LogP contribution in [0.3, 0.4) is 0 Å². The predicted molar refractivity (Wildman–Crippen MR) is 174 cm³/mol. The summed E-state index contributed by atoms with van der Waals surface area (Å²) in [4.78, 5) is 30.5. The Labute approximate surface area is 267 Å². The summed E-state index contributed by atoms with van der Waals surface area (Å²) in [6.07, 6.45) is 2.76. The van der Waals surface area contributed by atoms with E-state index in [0.717, 1.165) is 51.0 Å². The van der Waals surface area contributed by atoms with Crippen molar-refractivity contribution in [1.82, 2.24) is 45.5 Å². The number of amides is 4. The number of H-pyrrole nitrogens is 1. The summed E-state index contributed by atoms with van der Waals surface area (Å²) in [5.74, 6) is 0.595. The number of benzene rings is 3. The van der Waals surface area contributed by atoms with E-state index in [1.54, 1.807) is 4.68 Å². The van der Waals surface area contributed by atoms with Crippen LogP contribution in [0.25, 0.3) is 10.9 Å². The van der Waals surface area contributed by atoms with E-state index in [4.69, 9.17) is 0 Å². The monoisotopic (exact) mass is 618 g/mol. The lowest BCUT2D eigenvalue weighted by atomic mass is 9.98. The molecule has 0 aliphatic carbocycles. The molecule has 2 aliphatic rings. The summed E-state index contributed by atoms with van der Waals surface area (Å²) < 4.78 is 1.77. The Morgan fingerprint density at radius 2 is 1.83 bits per heavy atom. The first-order valence-corrected chi connectivity index (χ1v) is 15.9. The van der Waals surface area contributed by atoms with E-state index in [0.29, 0.717) is 51.3 Å². The van der Waals surface area contributed by atoms with Gasteiger partial charge in [-0.05, 0) is 71.0 Å². The molecule has 236 valence electrons. The number of para-hydroxylation sites is 1. The summed E-state index contributed by atoms with van der Waals surface area (Å²) in [6.45, 7) is 6.30. The van der Waals surface area contributed by atoms with Gasteiger partial charge in [-0.15, -0.1) is 5.10 Å². The van der Waals surface area contributed by atoms with Crippen molar-refractivity contribution in [2.45, 2.75) is 64.7 Å². The van der Waals surface area contributed by atoms with Crippen LogP contribution in [0.5, 0.6) is 0 Å². The number of aromatic amines is 1. The second-order valence-corrected chi connectivity index (χ2v) is 12.2. The van der Waals surface area contributed by atoms with Crippen molar-refractivity contribution in [2.24, 2.45) is 0 Å². The van der Waals surface area contributed by atoms with Crippen LogP contribution in [0, 0.1) is 6.92 Å². The van der Waals surface area contributed by atoms with Gasteiger partial charge in [-0.1, -0.05) is 61.5 Å². The molecular formula is C34H38N10O2. The molecule has 1 fully saturated rings. The van der Waals surface area contributed by atoms with Crippen LogP contribution < -0.4 is 10.6 Å². The Kier molecular flexibility index (Phi) is 8.08. The van der Waals surface area contributed by atoms with Gasteiger partial charge in [-0.3, -0.25) is 5.10 Å². The van der Waals surface area contributed by atoms with Gasteiger partial charge in [0.2, 0.25) is 0 Å². The van der Waals surface area contributed by atoms with Gasteiger partial charge < -0.3 is 20.4 Å². The first-order chi connectivity index (χ1) is 22.5. The van der Waals surface area contributed by atoms with Crippen molar-refractivity contribution in [3.8, 4) is 0 Å². The van der Waals surface area contributed by atoms with Crippen LogP contribution >= 0.6 is 0 Å². The third-order valence-electron chi connectivity index (χ3n) is 9.21. The maximum absolute atomic E-state index is 13.9. The van der Waals surface area contributed by atoms with Crippen molar-refractivity contribution in [1.29, 1.82) is 0 Å². The molecule has 1 unspecified atom stereocenters. The largest absolute Gasteiger partial charge is 0.328 e. The van der Waals surface area contributed by atoms with Crippen molar-refractivity contribution in [3.63, 3.8) is 0 Å². The van der Waals surface area contributed by atoms with E-state index < -0.39 is 6.04 Å². The molecule has 3 N–H and O–H groups in total. The predicted octanol–water partition coefficient (Wildman–Crippen LogP) is 4.97. The van der Waals surface area contributed by atoms with Crippen LogP contribution in [0.2, 0.25) is 0 Å². The van der Waals surface area contributed by atoms with E-state index in [1.165, 1.54) is 0 Å². The lowest BCUT2D eigenvalue weighted by Gasteiger charge is -2.40. The lowest BCUT2D eigenvalue weighted by Crippen LogP contribution is -2.53. The normalized spacial score (nSPS) is 15.9. The summed E-state index contributed by atoms with van der Waals surface area (Å²) in [7, 11) is 0. The number of fused-ring (bicyclic) bond motifs is 2. The van der Waals surface area contributed by atoms with Crippen LogP contribution in [0.4, 0.5) is 15.3 Å². The van der Waals surface area contributed by atoms with E-state index in [1.807, 2.05) is 71.3 Å². The zero-order valence-corrected chi connectivity index (χ0v) is 26.1. The smallest absolute Gasteiger partial charge is 0.322 e. The summed E-state index contributed by atoms with van der Waals surface area (Å²) in [6, 6.07) is 21.6. The average Bonchev–Trinajstić information content (AvgIpc) is 3.70. The van der Waals surface area contributed by atoms with Gasteiger partial charge in [0.25, 0.3) is 0 Å². The minimum Gasteiger partial charge on any atom is -0.328 e. The molecule has 0 radical (unpaired) electrons. The minimum atomic E-state index is -0.470. The maximum Gasteiger partial charge on any atom is 0.322 e. The molecule has 0 saturated carbocycles. The molecule has 4 amide bonds. The van der Waals surface area contributed by atoms with Gasteiger partial charge in [0.05, 0.1) is 18.1 Å². The maximum atomic E-state index is 13.9. The molecule has 12 nitrogen and oxygen atoms in total. The van der Waals surface area contributed by atoms with Gasteiger partial charge in [0.15, 0.2) is 5.82 Å². The van der Waals surface area contributed by atoms with Crippen LogP contribution in [0.1, 0.15) is 59.6 Å². The van der Waals surface area contributed by atoms with Crippen LogP contribution in [-0.4, -0.2) is 71.4 Å². The highest BCUT2D eigenvalue weighted by Crippen LogP contribution is 2.29. The molecule has 5 aromatic rings. The topological polar surface area (TPSA) is 137 Å². The molecule has 2 aliphatic heterocycles. The number of anilines is 1. The fourth-order valence-corrected chi connectivity index (χ4v) is 6.68. The molecule has 1 saturated heterocycles. The Balaban J connectivity index is 1.10. The van der Waals surface area contributed by atoms with Gasteiger partial charge in [0.1, 0.15) is 0 Å². The van der Waals surface area contributed by atoms with Gasteiger partial charge >= 0.3 is 12.1 Å². The Morgan fingerprint density at radius 3 is 2.63 bits per heavy atom.